The van der Waals surface area contributed by atoms with Crippen LogP contribution in [0.15, 0.2) is 42.6 Å². The molecule has 0 atom stereocenters. The molecule has 144 valence electrons. The van der Waals surface area contributed by atoms with Gasteiger partial charge in [-0.2, -0.15) is 0 Å². The van der Waals surface area contributed by atoms with Gasteiger partial charge >= 0.3 is 0 Å². The minimum absolute atomic E-state index is 0.169. The zero-order valence-corrected chi connectivity index (χ0v) is 16.7. The second-order valence-corrected chi connectivity index (χ2v) is 7.85. The molecule has 0 fully saturated rings. The number of thiazole rings is 1. The van der Waals surface area contributed by atoms with E-state index < -0.39 is 0 Å². The lowest BCUT2D eigenvalue weighted by Gasteiger charge is -2.22. The fraction of sp³-hybridized carbons (Fsp3) is 0.250. The lowest BCUT2D eigenvalue weighted by Crippen LogP contribution is -2.37. The van der Waals surface area contributed by atoms with E-state index in [0.29, 0.717) is 39.8 Å². The van der Waals surface area contributed by atoms with Crippen LogP contribution in [-0.4, -0.2) is 52.4 Å². The summed E-state index contributed by atoms with van der Waals surface area (Å²) < 4.78 is 16.1. The number of imidazole rings is 1. The zero-order valence-electron chi connectivity index (χ0n) is 15.9. The number of anilines is 1. The van der Waals surface area contributed by atoms with E-state index in [-0.39, 0.29) is 11.7 Å². The van der Waals surface area contributed by atoms with Crippen molar-refractivity contribution in [1.82, 2.24) is 19.3 Å². The van der Waals surface area contributed by atoms with Crippen molar-refractivity contribution in [1.29, 1.82) is 0 Å². The first-order valence-electron chi connectivity index (χ1n) is 8.90. The molecule has 0 aliphatic carbocycles. The molecule has 0 radical (unpaired) electrons. The number of fused-ring (bicyclic) bond motifs is 2. The molecule has 1 amide bonds. The maximum atomic E-state index is 13.6. The van der Waals surface area contributed by atoms with Gasteiger partial charge in [0.05, 0.1) is 15.9 Å². The van der Waals surface area contributed by atoms with Gasteiger partial charge < -0.3 is 4.90 Å². The highest BCUT2D eigenvalue weighted by Crippen LogP contribution is 2.30. The highest BCUT2D eigenvalue weighted by molar-refractivity contribution is 7.22. The van der Waals surface area contributed by atoms with Gasteiger partial charge in [-0.1, -0.05) is 17.4 Å². The minimum Gasteiger partial charge on any atom is -0.308 e. The van der Waals surface area contributed by atoms with Crippen LogP contribution < -0.4 is 4.90 Å². The van der Waals surface area contributed by atoms with Gasteiger partial charge in [0.1, 0.15) is 17.2 Å². The summed E-state index contributed by atoms with van der Waals surface area (Å²) in [6.45, 7) is 2.97. The monoisotopic (exact) mass is 397 g/mol. The van der Waals surface area contributed by atoms with Crippen molar-refractivity contribution >= 4 is 38.2 Å². The number of nitrogens with zero attached hydrogens (tertiary/aromatic N) is 5. The average molecular weight is 397 g/mol. The predicted octanol–water partition coefficient (Wildman–Crippen LogP) is 3.60. The first kappa shape index (κ1) is 18.5. The Morgan fingerprint density at radius 2 is 2.00 bits per heavy atom. The molecule has 28 heavy (non-hydrogen) atoms. The molecule has 1 aromatic carbocycles. The molecule has 8 heteroatoms. The molecule has 0 saturated heterocycles. The van der Waals surface area contributed by atoms with Crippen molar-refractivity contribution in [3.63, 3.8) is 0 Å². The number of rotatable bonds is 5. The molecular formula is C20H20FN5OS. The second-order valence-electron chi connectivity index (χ2n) is 6.84. The molecule has 0 unspecified atom stereocenters. The van der Waals surface area contributed by atoms with Crippen LogP contribution in [0, 0.1) is 12.7 Å². The van der Waals surface area contributed by atoms with Gasteiger partial charge in [0.15, 0.2) is 5.13 Å². The normalized spacial score (nSPS) is 11.6. The van der Waals surface area contributed by atoms with Crippen molar-refractivity contribution < 1.29 is 9.18 Å². The van der Waals surface area contributed by atoms with E-state index in [0.717, 1.165) is 5.65 Å². The highest BCUT2D eigenvalue weighted by atomic mass is 32.1. The van der Waals surface area contributed by atoms with E-state index in [1.165, 1.54) is 23.5 Å². The van der Waals surface area contributed by atoms with Gasteiger partial charge in [0.2, 0.25) is 0 Å². The number of pyridine rings is 1. The van der Waals surface area contributed by atoms with Crippen molar-refractivity contribution in [3.8, 4) is 0 Å². The average Bonchev–Trinajstić information content (AvgIpc) is 3.20. The topological polar surface area (TPSA) is 53.7 Å². The van der Waals surface area contributed by atoms with Crippen LogP contribution in [0.25, 0.3) is 15.9 Å². The fourth-order valence-electron chi connectivity index (χ4n) is 3.08. The minimum atomic E-state index is -0.313. The molecule has 0 bridgehead atoms. The van der Waals surface area contributed by atoms with Crippen LogP contribution in [0.4, 0.5) is 9.52 Å². The summed E-state index contributed by atoms with van der Waals surface area (Å²) in [7, 11) is 3.91. The summed E-state index contributed by atoms with van der Waals surface area (Å²) in [6, 6.07) is 10.1. The molecule has 3 heterocycles. The Balaban J connectivity index is 1.80. The van der Waals surface area contributed by atoms with Crippen LogP contribution >= 0.6 is 11.3 Å². The van der Waals surface area contributed by atoms with Crippen molar-refractivity contribution in [2.75, 3.05) is 32.1 Å². The Morgan fingerprint density at radius 3 is 2.79 bits per heavy atom. The number of likely N-dealkylation sites (N-methyl/N-ethyl adjacent to an activating group) is 1. The van der Waals surface area contributed by atoms with E-state index in [4.69, 9.17) is 0 Å². The number of hydrogen-bond donors (Lipinski definition) is 0. The lowest BCUT2D eigenvalue weighted by molar-refractivity contribution is 0.0979. The Hall–Kier alpha value is -2.84. The third kappa shape index (κ3) is 3.36. The second kappa shape index (κ2) is 7.29. The summed E-state index contributed by atoms with van der Waals surface area (Å²) in [5, 5.41) is 0.553. The first-order valence-corrected chi connectivity index (χ1v) is 9.72. The molecule has 0 spiro atoms. The molecule has 3 aromatic heterocycles. The molecule has 4 aromatic rings. The number of aryl methyl sites for hydroxylation is 1. The van der Waals surface area contributed by atoms with E-state index in [1.807, 2.05) is 50.3 Å². The summed E-state index contributed by atoms with van der Waals surface area (Å²) in [5.41, 5.74) is 2.58. The van der Waals surface area contributed by atoms with Crippen LogP contribution in [0.2, 0.25) is 0 Å². The van der Waals surface area contributed by atoms with Gasteiger partial charge in [-0.25, -0.2) is 14.4 Å². The number of hydrogen-bond acceptors (Lipinski definition) is 5. The van der Waals surface area contributed by atoms with Gasteiger partial charge in [-0.05, 0) is 51.4 Å². The fourth-order valence-corrected chi connectivity index (χ4v) is 4.10. The van der Waals surface area contributed by atoms with Crippen molar-refractivity contribution in [2.45, 2.75) is 6.92 Å². The van der Waals surface area contributed by atoms with Gasteiger partial charge in [-0.3, -0.25) is 14.1 Å². The van der Waals surface area contributed by atoms with Gasteiger partial charge in [0, 0.05) is 19.3 Å². The van der Waals surface area contributed by atoms with Crippen molar-refractivity contribution in [3.05, 3.63) is 59.8 Å². The molecular weight excluding hydrogens is 377 g/mol. The third-order valence-electron chi connectivity index (χ3n) is 4.49. The SMILES string of the molecule is Cc1nc2ccccn2c1C(=O)N(CCN(C)C)c1nc2ccc(F)cc2s1. The van der Waals surface area contributed by atoms with E-state index in [1.54, 1.807) is 15.4 Å². The summed E-state index contributed by atoms with van der Waals surface area (Å²) in [5.74, 6) is -0.482. The highest BCUT2D eigenvalue weighted by Gasteiger charge is 2.26. The molecule has 0 N–H and O–H groups in total. The number of carbonyl (C=O) groups is 1. The van der Waals surface area contributed by atoms with Crippen LogP contribution in [0.3, 0.4) is 0 Å². The summed E-state index contributed by atoms with van der Waals surface area (Å²) in [4.78, 5) is 26.3. The van der Waals surface area contributed by atoms with Crippen LogP contribution in [-0.2, 0) is 0 Å². The Labute approximate surface area is 165 Å². The molecule has 6 nitrogen and oxygen atoms in total. The molecule has 0 saturated carbocycles. The number of amides is 1. The number of aromatic nitrogens is 3. The quantitative estimate of drug-likeness (QED) is 0.516. The molecule has 0 aliphatic rings. The Kier molecular flexibility index (Phi) is 4.82. The largest absolute Gasteiger partial charge is 0.308 e. The maximum absolute atomic E-state index is 13.6. The predicted molar refractivity (Wildman–Crippen MR) is 110 cm³/mol. The summed E-state index contributed by atoms with van der Waals surface area (Å²) in [6.07, 6.45) is 1.83. The lowest BCUT2D eigenvalue weighted by atomic mass is 10.3. The van der Waals surface area contributed by atoms with Crippen molar-refractivity contribution in [2.24, 2.45) is 0 Å². The van der Waals surface area contributed by atoms with E-state index in [2.05, 4.69) is 9.97 Å². The molecule has 0 aliphatic heterocycles. The van der Waals surface area contributed by atoms with Gasteiger partial charge in [0.25, 0.3) is 5.91 Å². The van der Waals surface area contributed by atoms with Gasteiger partial charge in [-0.15, -0.1) is 0 Å². The van der Waals surface area contributed by atoms with E-state index >= 15 is 0 Å². The van der Waals surface area contributed by atoms with Crippen LogP contribution in [0.5, 0.6) is 0 Å². The number of benzene rings is 1. The Bertz CT molecular complexity index is 1170. The third-order valence-corrected chi connectivity index (χ3v) is 5.53. The smallest absolute Gasteiger partial charge is 0.279 e. The van der Waals surface area contributed by atoms with Crippen LogP contribution in [0.1, 0.15) is 16.2 Å². The summed E-state index contributed by atoms with van der Waals surface area (Å²) >= 11 is 1.31. The number of halogens is 1. The van der Waals surface area contributed by atoms with E-state index in [9.17, 15) is 9.18 Å². The molecule has 4 rings (SSSR count). The maximum Gasteiger partial charge on any atom is 0.279 e. The standard InChI is InChI=1S/C20H20FN5OS/c1-13-18(25-9-5-4-6-17(25)22-13)19(27)26(11-10-24(2)3)20-23-15-8-7-14(21)12-16(15)28-20/h4-9,12H,10-11H2,1-3H3. The Morgan fingerprint density at radius 1 is 1.18 bits per heavy atom. The first-order chi connectivity index (χ1) is 13.4. The zero-order chi connectivity index (χ0) is 19.8. The number of carbonyl (C=O) groups excluding carboxylic acids is 1.